The molecule has 1 aromatic carbocycles. The molecule has 0 bridgehead atoms. The maximum absolute atomic E-state index is 5.77. The highest BCUT2D eigenvalue weighted by Gasteiger charge is 2.24. The number of ether oxygens (including phenoxy) is 1. The number of unbranched alkanes of at least 4 members (excludes halogenated alkanes) is 1. The summed E-state index contributed by atoms with van der Waals surface area (Å²) in [5, 5.41) is 0. The molecule has 2 N–H and O–H groups in total. The normalized spacial score (nSPS) is 15.1. The summed E-state index contributed by atoms with van der Waals surface area (Å²) in [6, 6.07) is 6.38. The maximum atomic E-state index is 5.77. The molecular formula is C13H18BrNO. The minimum atomic E-state index is 0.458. The molecule has 0 unspecified atom stereocenters. The Hall–Kier alpha value is -0.540. The zero-order valence-electron chi connectivity index (χ0n) is 9.42. The van der Waals surface area contributed by atoms with E-state index < -0.39 is 0 Å². The van der Waals surface area contributed by atoms with Gasteiger partial charge in [0.05, 0.1) is 10.6 Å². The van der Waals surface area contributed by atoms with E-state index in [1.165, 1.54) is 18.4 Å². The molecular weight excluding hydrogens is 266 g/mol. The lowest BCUT2D eigenvalue weighted by Crippen LogP contribution is -1.99. The molecule has 88 valence electrons. The van der Waals surface area contributed by atoms with Crippen LogP contribution in [-0.4, -0.2) is 12.6 Å². The van der Waals surface area contributed by atoms with Gasteiger partial charge in [0.25, 0.3) is 0 Å². The number of hydrogen-bond acceptors (Lipinski definition) is 2. The molecule has 1 aliphatic rings. The van der Waals surface area contributed by atoms with E-state index in [0.29, 0.717) is 6.10 Å². The van der Waals surface area contributed by atoms with Crippen LogP contribution in [0.25, 0.3) is 0 Å². The fourth-order valence-electron chi connectivity index (χ4n) is 1.63. The van der Waals surface area contributed by atoms with Crippen LogP contribution in [0.1, 0.15) is 31.2 Å². The molecule has 16 heavy (non-hydrogen) atoms. The average molecular weight is 284 g/mol. The van der Waals surface area contributed by atoms with Crippen molar-refractivity contribution in [3.63, 3.8) is 0 Å². The number of aryl methyl sites for hydroxylation is 1. The lowest BCUT2D eigenvalue weighted by Gasteiger charge is -2.08. The first-order valence-corrected chi connectivity index (χ1v) is 6.74. The predicted molar refractivity (Wildman–Crippen MR) is 69.8 cm³/mol. The Labute approximate surface area is 105 Å². The zero-order chi connectivity index (χ0) is 11.4. The molecule has 1 aliphatic carbocycles. The van der Waals surface area contributed by atoms with Crippen molar-refractivity contribution in [2.75, 3.05) is 6.54 Å². The van der Waals surface area contributed by atoms with Gasteiger partial charge in [-0.2, -0.15) is 0 Å². The number of nitrogens with two attached hydrogens (primary N) is 1. The van der Waals surface area contributed by atoms with Gasteiger partial charge in [-0.1, -0.05) is 6.07 Å². The highest BCUT2D eigenvalue weighted by Crippen LogP contribution is 2.32. The van der Waals surface area contributed by atoms with E-state index in [-0.39, 0.29) is 0 Å². The summed E-state index contributed by atoms with van der Waals surface area (Å²) < 4.78 is 6.84. The van der Waals surface area contributed by atoms with Gasteiger partial charge < -0.3 is 10.5 Å². The molecule has 2 nitrogen and oxygen atoms in total. The van der Waals surface area contributed by atoms with Crippen LogP contribution in [0.4, 0.5) is 0 Å². The van der Waals surface area contributed by atoms with E-state index in [0.717, 1.165) is 36.0 Å². The molecule has 1 aromatic rings. The molecule has 0 aromatic heterocycles. The van der Waals surface area contributed by atoms with Crippen molar-refractivity contribution < 1.29 is 4.74 Å². The lowest BCUT2D eigenvalue weighted by molar-refractivity contribution is 0.301. The lowest BCUT2D eigenvalue weighted by atomic mass is 10.1. The quantitative estimate of drug-likeness (QED) is 0.814. The van der Waals surface area contributed by atoms with Crippen molar-refractivity contribution >= 4 is 15.9 Å². The number of rotatable bonds is 6. The van der Waals surface area contributed by atoms with E-state index in [4.69, 9.17) is 10.5 Å². The Morgan fingerprint density at radius 2 is 2.12 bits per heavy atom. The second-order valence-electron chi connectivity index (χ2n) is 4.33. The summed E-state index contributed by atoms with van der Waals surface area (Å²) in [6.45, 7) is 0.782. The molecule has 3 heteroatoms. The first-order valence-electron chi connectivity index (χ1n) is 5.95. The van der Waals surface area contributed by atoms with E-state index in [9.17, 15) is 0 Å². The maximum Gasteiger partial charge on any atom is 0.133 e. The minimum Gasteiger partial charge on any atom is -0.489 e. The Balaban J connectivity index is 1.92. The fourth-order valence-corrected chi connectivity index (χ4v) is 2.15. The van der Waals surface area contributed by atoms with Gasteiger partial charge in [-0.25, -0.2) is 0 Å². The summed E-state index contributed by atoms with van der Waals surface area (Å²) >= 11 is 3.56. The van der Waals surface area contributed by atoms with Crippen LogP contribution < -0.4 is 10.5 Å². The van der Waals surface area contributed by atoms with Crippen LogP contribution in [0.2, 0.25) is 0 Å². The molecule has 0 spiro atoms. The number of benzene rings is 1. The molecule has 0 heterocycles. The Morgan fingerprint density at radius 1 is 1.31 bits per heavy atom. The fraction of sp³-hybridized carbons (Fsp3) is 0.538. The summed E-state index contributed by atoms with van der Waals surface area (Å²) in [6.07, 6.45) is 6.21. The standard InChI is InChI=1S/C13H18BrNO/c14-12-9-10(3-1-2-8-15)4-7-13(12)16-11-5-6-11/h4,7,9,11H,1-3,5-6,8,15H2. The van der Waals surface area contributed by atoms with Crippen LogP contribution in [0, 0.1) is 0 Å². The summed E-state index contributed by atoms with van der Waals surface area (Å²) in [5.74, 6) is 0.977. The molecule has 0 aliphatic heterocycles. The Bertz CT molecular complexity index is 350. The van der Waals surface area contributed by atoms with Crippen LogP contribution >= 0.6 is 15.9 Å². The van der Waals surface area contributed by atoms with Gasteiger partial charge in [-0.3, -0.25) is 0 Å². The third-order valence-corrected chi connectivity index (χ3v) is 3.35. The second kappa shape index (κ2) is 5.69. The van der Waals surface area contributed by atoms with Gasteiger partial charge in [0.2, 0.25) is 0 Å². The highest BCUT2D eigenvalue weighted by atomic mass is 79.9. The summed E-state index contributed by atoms with van der Waals surface area (Å²) in [7, 11) is 0. The monoisotopic (exact) mass is 283 g/mol. The van der Waals surface area contributed by atoms with Gasteiger partial charge in [-0.05, 0) is 72.3 Å². The van der Waals surface area contributed by atoms with Crippen LogP contribution in [-0.2, 0) is 6.42 Å². The Kier molecular flexibility index (Phi) is 4.24. The number of halogens is 1. The number of hydrogen-bond donors (Lipinski definition) is 1. The van der Waals surface area contributed by atoms with Gasteiger partial charge >= 0.3 is 0 Å². The molecule has 0 radical (unpaired) electrons. The van der Waals surface area contributed by atoms with Crippen molar-refractivity contribution in [1.29, 1.82) is 0 Å². The third kappa shape index (κ3) is 3.49. The summed E-state index contributed by atoms with van der Waals surface area (Å²) in [5.41, 5.74) is 6.83. The second-order valence-corrected chi connectivity index (χ2v) is 5.18. The van der Waals surface area contributed by atoms with Crippen molar-refractivity contribution in [2.45, 2.75) is 38.2 Å². The van der Waals surface area contributed by atoms with Crippen molar-refractivity contribution in [2.24, 2.45) is 5.73 Å². The average Bonchev–Trinajstić information content (AvgIpc) is 3.06. The van der Waals surface area contributed by atoms with Gasteiger partial charge in [0.15, 0.2) is 0 Å². The Morgan fingerprint density at radius 3 is 2.75 bits per heavy atom. The van der Waals surface area contributed by atoms with Crippen LogP contribution in [0.15, 0.2) is 22.7 Å². The SMILES string of the molecule is NCCCCc1ccc(OC2CC2)c(Br)c1. The highest BCUT2D eigenvalue weighted by molar-refractivity contribution is 9.10. The first-order chi connectivity index (χ1) is 7.79. The van der Waals surface area contributed by atoms with Crippen molar-refractivity contribution in [3.8, 4) is 5.75 Å². The minimum absolute atomic E-state index is 0.458. The zero-order valence-corrected chi connectivity index (χ0v) is 11.0. The van der Waals surface area contributed by atoms with Gasteiger partial charge in [0.1, 0.15) is 5.75 Å². The van der Waals surface area contributed by atoms with E-state index >= 15 is 0 Å². The topological polar surface area (TPSA) is 35.2 Å². The first kappa shape index (κ1) is 11.9. The predicted octanol–water partition coefficient (Wildman–Crippen LogP) is 3.27. The summed E-state index contributed by atoms with van der Waals surface area (Å²) in [4.78, 5) is 0. The van der Waals surface area contributed by atoms with Crippen LogP contribution in [0.5, 0.6) is 5.75 Å². The van der Waals surface area contributed by atoms with E-state index in [1.807, 2.05) is 0 Å². The van der Waals surface area contributed by atoms with Gasteiger partial charge in [0, 0.05) is 0 Å². The molecule has 0 atom stereocenters. The molecule has 0 saturated heterocycles. The van der Waals surface area contributed by atoms with Crippen molar-refractivity contribution in [1.82, 2.24) is 0 Å². The van der Waals surface area contributed by atoms with E-state index in [2.05, 4.69) is 34.1 Å². The molecule has 1 saturated carbocycles. The third-order valence-electron chi connectivity index (χ3n) is 2.73. The molecule has 1 fully saturated rings. The smallest absolute Gasteiger partial charge is 0.133 e. The van der Waals surface area contributed by atoms with Crippen LogP contribution in [0.3, 0.4) is 0 Å². The van der Waals surface area contributed by atoms with E-state index in [1.54, 1.807) is 0 Å². The molecule has 2 rings (SSSR count). The van der Waals surface area contributed by atoms with Gasteiger partial charge in [-0.15, -0.1) is 0 Å². The van der Waals surface area contributed by atoms with Crippen molar-refractivity contribution in [3.05, 3.63) is 28.2 Å². The largest absolute Gasteiger partial charge is 0.489 e. The molecule has 0 amide bonds.